The molecule has 0 bridgehead atoms. The van der Waals surface area contributed by atoms with Gasteiger partial charge in [0.25, 0.3) is 0 Å². The van der Waals surface area contributed by atoms with Gasteiger partial charge >= 0.3 is 0 Å². The third-order valence-corrected chi connectivity index (χ3v) is 4.15. The van der Waals surface area contributed by atoms with Gasteiger partial charge in [0.15, 0.2) is 5.82 Å². The molecule has 1 aliphatic rings. The van der Waals surface area contributed by atoms with Gasteiger partial charge in [0.05, 0.1) is 0 Å². The van der Waals surface area contributed by atoms with Gasteiger partial charge in [0.2, 0.25) is 5.89 Å². The van der Waals surface area contributed by atoms with Crippen molar-refractivity contribution in [3.8, 4) is 0 Å². The molecule has 3 atom stereocenters. The maximum Gasteiger partial charge on any atom is 0.228 e. The molecule has 0 aliphatic heterocycles. The van der Waals surface area contributed by atoms with E-state index < -0.39 is 0 Å². The summed E-state index contributed by atoms with van der Waals surface area (Å²) in [4.78, 5) is 4.58. The fourth-order valence-electron chi connectivity index (χ4n) is 2.67. The standard InChI is InChI=1S/C17H23N3O/c1-3-9-18-15(13-7-5-4-6-8-13)11-16-19-17(20-21-16)14-10-12(14)2/h4-8,12,14-15,18H,3,9-11H2,1-2H3. The number of aromatic nitrogens is 2. The quantitative estimate of drug-likeness (QED) is 0.846. The van der Waals surface area contributed by atoms with Gasteiger partial charge in [-0.1, -0.05) is 49.3 Å². The summed E-state index contributed by atoms with van der Waals surface area (Å²) < 4.78 is 5.45. The zero-order chi connectivity index (χ0) is 14.7. The molecule has 4 nitrogen and oxygen atoms in total. The highest BCUT2D eigenvalue weighted by molar-refractivity contribution is 5.20. The molecule has 1 aromatic heterocycles. The second kappa shape index (κ2) is 6.39. The molecule has 112 valence electrons. The lowest BCUT2D eigenvalue weighted by Gasteiger charge is -2.17. The molecule has 1 saturated carbocycles. The highest BCUT2D eigenvalue weighted by atomic mass is 16.5. The van der Waals surface area contributed by atoms with Crippen LogP contribution in [0.2, 0.25) is 0 Å². The third-order valence-electron chi connectivity index (χ3n) is 4.15. The molecule has 0 radical (unpaired) electrons. The van der Waals surface area contributed by atoms with Crippen molar-refractivity contribution >= 4 is 0 Å². The van der Waals surface area contributed by atoms with E-state index in [0.717, 1.165) is 31.1 Å². The molecule has 3 rings (SSSR count). The molecule has 3 unspecified atom stereocenters. The van der Waals surface area contributed by atoms with Crippen LogP contribution in [-0.2, 0) is 6.42 Å². The lowest BCUT2D eigenvalue weighted by atomic mass is 10.0. The van der Waals surface area contributed by atoms with E-state index >= 15 is 0 Å². The van der Waals surface area contributed by atoms with Gasteiger partial charge in [-0.3, -0.25) is 0 Å². The van der Waals surface area contributed by atoms with Crippen LogP contribution in [0, 0.1) is 5.92 Å². The Morgan fingerprint density at radius 3 is 2.76 bits per heavy atom. The summed E-state index contributed by atoms with van der Waals surface area (Å²) in [5.41, 5.74) is 1.27. The summed E-state index contributed by atoms with van der Waals surface area (Å²) in [6.07, 6.45) is 3.05. The van der Waals surface area contributed by atoms with Gasteiger partial charge in [-0.05, 0) is 30.9 Å². The molecule has 1 aliphatic carbocycles. The van der Waals surface area contributed by atoms with Crippen LogP contribution in [0.15, 0.2) is 34.9 Å². The highest BCUT2D eigenvalue weighted by Crippen LogP contribution is 2.45. The van der Waals surface area contributed by atoms with E-state index in [-0.39, 0.29) is 6.04 Å². The zero-order valence-corrected chi connectivity index (χ0v) is 12.7. The van der Waals surface area contributed by atoms with Gasteiger partial charge in [-0.2, -0.15) is 4.98 Å². The minimum absolute atomic E-state index is 0.232. The number of nitrogens with zero attached hydrogens (tertiary/aromatic N) is 2. The average molecular weight is 285 g/mol. The van der Waals surface area contributed by atoms with Gasteiger partial charge < -0.3 is 9.84 Å². The van der Waals surface area contributed by atoms with E-state index in [9.17, 15) is 0 Å². The minimum Gasteiger partial charge on any atom is -0.339 e. The Bertz CT molecular complexity index is 566. The normalized spacial score (nSPS) is 22.2. The van der Waals surface area contributed by atoms with Gasteiger partial charge in [-0.15, -0.1) is 0 Å². The number of rotatable bonds is 7. The molecule has 1 aromatic carbocycles. The highest BCUT2D eigenvalue weighted by Gasteiger charge is 2.38. The van der Waals surface area contributed by atoms with Crippen LogP contribution >= 0.6 is 0 Å². The Morgan fingerprint density at radius 1 is 1.33 bits per heavy atom. The molecular weight excluding hydrogens is 262 g/mol. The smallest absolute Gasteiger partial charge is 0.228 e. The number of nitrogens with one attached hydrogen (secondary N) is 1. The van der Waals surface area contributed by atoms with Crippen LogP contribution in [0.4, 0.5) is 0 Å². The first-order chi connectivity index (χ1) is 10.3. The summed E-state index contributed by atoms with van der Waals surface area (Å²) in [5.74, 6) is 2.85. The van der Waals surface area contributed by atoms with Crippen molar-refractivity contribution in [3.63, 3.8) is 0 Å². The average Bonchev–Trinajstić information content (AvgIpc) is 3.07. The van der Waals surface area contributed by atoms with E-state index in [2.05, 4.69) is 53.6 Å². The van der Waals surface area contributed by atoms with Gasteiger partial charge in [-0.25, -0.2) is 0 Å². The fourth-order valence-corrected chi connectivity index (χ4v) is 2.67. The molecule has 0 amide bonds. The van der Waals surface area contributed by atoms with Crippen LogP contribution in [0.25, 0.3) is 0 Å². The molecule has 0 spiro atoms. The van der Waals surface area contributed by atoms with E-state index in [1.165, 1.54) is 12.0 Å². The van der Waals surface area contributed by atoms with Crippen molar-refractivity contribution in [2.75, 3.05) is 6.54 Å². The number of hydrogen-bond donors (Lipinski definition) is 1. The Balaban J connectivity index is 1.70. The van der Waals surface area contributed by atoms with Crippen molar-refractivity contribution < 1.29 is 4.52 Å². The molecule has 1 N–H and O–H groups in total. The molecule has 1 fully saturated rings. The SMILES string of the molecule is CCCNC(Cc1nc(C2CC2C)no1)c1ccccc1. The second-order valence-corrected chi connectivity index (χ2v) is 5.99. The summed E-state index contributed by atoms with van der Waals surface area (Å²) >= 11 is 0. The van der Waals surface area contributed by atoms with Crippen LogP contribution in [0.1, 0.15) is 55.9 Å². The molecular formula is C17H23N3O. The first-order valence-electron chi connectivity index (χ1n) is 7.88. The topological polar surface area (TPSA) is 51.0 Å². The maximum atomic E-state index is 5.45. The lowest BCUT2D eigenvalue weighted by Crippen LogP contribution is -2.24. The van der Waals surface area contributed by atoms with E-state index in [1.807, 2.05) is 6.07 Å². The molecule has 2 aromatic rings. The summed E-state index contributed by atoms with van der Waals surface area (Å²) in [5, 5.41) is 7.71. The predicted octanol–water partition coefficient (Wildman–Crippen LogP) is 3.48. The van der Waals surface area contributed by atoms with Gasteiger partial charge in [0, 0.05) is 18.4 Å². The largest absolute Gasteiger partial charge is 0.339 e. The van der Waals surface area contributed by atoms with Crippen molar-refractivity contribution in [1.29, 1.82) is 0 Å². The summed E-state index contributed by atoms with van der Waals surface area (Å²) in [7, 11) is 0. The van der Waals surface area contributed by atoms with Crippen molar-refractivity contribution in [1.82, 2.24) is 15.5 Å². The zero-order valence-electron chi connectivity index (χ0n) is 12.7. The van der Waals surface area contributed by atoms with Crippen molar-refractivity contribution in [3.05, 3.63) is 47.6 Å². The fraction of sp³-hybridized carbons (Fsp3) is 0.529. The molecule has 4 heteroatoms. The predicted molar refractivity (Wildman–Crippen MR) is 82.0 cm³/mol. The van der Waals surface area contributed by atoms with Crippen molar-refractivity contribution in [2.24, 2.45) is 5.92 Å². The van der Waals surface area contributed by atoms with E-state index in [4.69, 9.17) is 4.52 Å². The first-order valence-corrected chi connectivity index (χ1v) is 7.88. The number of hydrogen-bond acceptors (Lipinski definition) is 4. The molecule has 0 saturated heterocycles. The van der Waals surface area contributed by atoms with Crippen LogP contribution in [-0.4, -0.2) is 16.7 Å². The first kappa shape index (κ1) is 14.3. The second-order valence-electron chi connectivity index (χ2n) is 5.99. The summed E-state index contributed by atoms with van der Waals surface area (Å²) in [6, 6.07) is 10.7. The van der Waals surface area contributed by atoms with Crippen LogP contribution < -0.4 is 5.32 Å². The third kappa shape index (κ3) is 3.50. The Morgan fingerprint density at radius 2 is 2.10 bits per heavy atom. The van der Waals surface area contributed by atoms with E-state index in [1.54, 1.807) is 0 Å². The van der Waals surface area contributed by atoms with E-state index in [0.29, 0.717) is 11.8 Å². The Hall–Kier alpha value is -1.68. The Kier molecular flexibility index (Phi) is 4.34. The van der Waals surface area contributed by atoms with Crippen molar-refractivity contribution in [2.45, 2.75) is 45.1 Å². The lowest BCUT2D eigenvalue weighted by molar-refractivity contribution is 0.354. The number of benzene rings is 1. The maximum absolute atomic E-state index is 5.45. The monoisotopic (exact) mass is 285 g/mol. The minimum atomic E-state index is 0.232. The molecule has 21 heavy (non-hydrogen) atoms. The van der Waals surface area contributed by atoms with Gasteiger partial charge in [0.1, 0.15) is 0 Å². The van der Waals surface area contributed by atoms with Crippen LogP contribution in [0.5, 0.6) is 0 Å². The van der Waals surface area contributed by atoms with Crippen LogP contribution in [0.3, 0.4) is 0 Å². The summed E-state index contributed by atoms with van der Waals surface area (Å²) in [6.45, 7) is 5.39. The molecule has 1 heterocycles. The Labute approximate surface area is 126 Å².